The van der Waals surface area contributed by atoms with Gasteiger partial charge in [0.25, 0.3) is 8.03 Å². The standard InChI is InChI=1S/C6H6O2P/c7-9(8)6-4-2-1-3-5-6/h1-5,9H. The van der Waals surface area contributed by atoms with Gasteiger partial charge in [-0.05, 0) is 12.1 Å². The van der Waals surface area contributed by atoms with Gasteiger partial charge in [0.1, 0.15) is 0 Å². The molecule has 0 spiro atoms. The lowest BCUT2D eigenvalue weighted by Gasteiger charge is -1.88. The van der Waals surface area contributed by atoms with E-state index in [2.05, 4.69) is 0 Å². The zero-order valence-electron chi connectivity index (χ0n) is 4.70. The molecule has 0 amide bonds. The van der Waals surface area contributed by atoms with Crippen molar-refractivity contribution in [3.63, 3.8) is 0 Å². The second-order valence-electron chi connectivity index (χ2n) is 1.65. The summed E-state index contributed by atoms with van der Waals surface area (Å²) < 4.78 is 10.3. The van der Waals surface area contributed by atoms with Crippen molar-refractivity contribution < 1.29 is 9.46 Å². The van der Waals surface area contributed by atoms with Gasteiger partial charge in [-0.1, -0.05) is 18.2 Å². The van der Waals surface area contributed by atoms with Gasteiger partial charge < -0.3 is 0 Å². The van der Waals surface area contributed by atoms with Crippen LogP contribution in [-0.4, -0.2) is 0 Å². The van der Waals surface area contributed by atoms with E-state index in [4.69, 9.17) is 0 Å². The second kappa shape index (κ2) is 2.81. The first kappa shape index (κ1) is 6.53. The van der Waals surface area contributed by atoms with E-state index >= 15 is 0 Å². The molecule has 0 aliphatic rings. The first-order chi connectivity index (χ1) is 4.30. The van der Waals surface area contributed by atoms with Crippen LogP contribution < -0.4 is 5.30 Å². The third kappa shape index (κ3) is 1.67. The van der Waals surface area contributed by atoms with E-state index in [0.717, 1.165) is 0 Å². The van der Waals surface area contributed by atoms with Crippen LogP contribution in [0.3, 0.4) is 0 Å². The molecule has 1 rings (SSSR count). The highest BCUT2D eigenvalue weighted by atomic mass is 31.1. The molecule has 0 aliphatic carbocycles. The van der Waals surface area contributed by atoms with Gasteiger partial charge >= 0.3 is 0 Å². The van der Waals surface area contributed by atoms with E-state index in [1.165, 1.54) is 0 Å². The number of hydrogen-bond acceptors (Lipinski definition) is 1. The van der Waals surface area contributed by atoms with Crippen molar-refractivity contribution in [2.45, 2.75) is 0 Å². The maximum absolute atomic E-state index is 10.3. The molecule has 0 N–H and O–H groups in total. The minimum atomic E-state index is -2.71. The average Bonchev–Trinajstić information content (AvgIpc) is 1.90. The highest BCUT2D eigenvalue weighted by molar-refractivity contribution is 7.47. The van der Waals surface area contributed by atoms with Crippen molar-refractivity contribution in [3.8, 4) is 0 Å². The van der Waals surface area contributed by atoms with Crippen molar-refractivity contribution >= 4 is 13.3 Å². The molecular formula is C6H6O2P. The minimum Gasteiger partial charge on any atom is -0.288 e. The van der Waals surface area contributed by atoms with Crippen LogP contribution in [0.1, 0.15) is 0 Å². The Bertz CT molecular complexity index is 208. The maximum Gasteiger partial charge on any atom is 0.253 e. The number of rotatable bonds is 1. The first-order valence-corrected chi connectivity index (χ1v) is 3.89. The largest absolute Gasteiger partial charge is 0.288 e. The quantitative estimate of drug-likeness (QED) is 0.541. The van der Waals surface area contributed by atoms with Gasteiger partial charge in [-0.2, -0.15) is 4.89 Å². The van der Waals surface area contributed by atoms with E-state index in [-0.39, 0.29) is 0 Å². The molecule has 1 radical (unpaired) electrons. The highest BCUT2D eigenvalue weighted by Crippen LogP contribution is 2.12. The zero-order chi connectivity index (χ0) is 6.69. The van der Waals surface area contributed by atoms with Crippen LogP contribution >= 0.6 is 8.03 Å². The van der Waals surface area contributed by atoms with Gasteiger partial charge in [-0.3, -0.25) is 4.57 Å². The molecule has 0 saturated heterocycles. The molecule has 0 aromatic heterocycles. The van der Waals surface area contributed by atoms with Gasteiger partial charge in [0.2, 0.25) is 0 Å². The lowest BCUT2D eigenvalue weighted by Crippen LogP contribution is -1.90. The normalized spacial score (nSPS) is 13.0. The van der Waals surface area contributed by atoms with E-state index in [9.17, 15) is 9.46 Å². The van der Waals surface area contributed by atoms with Crippen LogP contribution in [0, 0.1) is 0 Å². The third-order valence-electron chi connectivity index (χ3n) is 1.01. The molecule has 9 heavy (non-hydrogen) atoms. The summed E-state index contributed by atoms with van der Waals surface area (Å²) >= 11 is 0. The lowest BCUT2D eigenvalue weighted by molar-refractivity contribution is 0.444. The summed E-state index contributed by atoms with van der Waals surface area (Å²) in [6.07, 6.45) is 0. The summed E-state index contributed by atoms with van der Waals surface area (Å²) in [6, 6.07) is 8.35. The van der Waals surface area contributed by atoms with Crippen LogP contribution in [0.2, 0.25) is 0 Å². The molecule has 0 heterocycles. The summed E-state index contributed by atoms with van der Waals surface area (Å²) in [4.78, 5) is 10.3. The van der Waals surface area contributed by atoms with Gasteiger partial charge in [-0.25, -0.2) is 0 Å². The molecule has 47 valence electrons. The second-order valence-corrected chi connectivity index (χ2v) is 2.81. The fourth-order valence-electron chi connectivity index (χ4n) is 0.574. The summed E-state index contributed by atoms with van der Waals surface area (Å²) in [5.74, 6) is 0. The Morgan fingerprint density at radius 1 is 1.11 bits per heavy atom. The Labute approximate surface area is 54.0 Å². The summed E-state index contributed by atoms with van der Waals surface area (Å²) in [5.41, 5.74) is 0. The van der Waals surface area contributed by atoms with E-state index < -0.39 is 8.03 Å². The molecular weight excluding hydrogens is 135 g/mol. The van der Waals surface area contributed by atoms with E-state index in [0.29, 0.717) is 5.30 Å². The molecule has 1 aromatic carbocycles. The fraction of sp³-hybridized carbons (Fsp3) is 0. The maximum atomic E-state index is 10.3. The summed E-state index contributed by atoms with van der Waals surface area (Å²) in [6.45, 7) is 0. The molecule has 1 unspecified atom stereocenters. The molecule has 2 nitrogen and oxygen atoms in total. The van der Waals surface area contributed by atoms with Crippen LogP contribution in [0.4, 0.5) is 0 Å². The Hall–Kier alpha value is -0.590. The molecule has 1 atom stereocenters. The molecule has 0 aliphatic heterocycles. The van der Waals surface area contributed by atoms with Gasteiger partial charge in [0, 0.05) is 5.30 Å². The predicted octanol–water partition coefficient (Wildman–Crippen LogP) is 1.22. The van der Waals surface area contributed by atoms with Crippen LogP contribution in [0.25, 0.3) is 0 Å². The smallest absolute Gasteiger partial charge is 0.253 e. The van der Waals surface area contributed by atoms with E-state index in [1.807, 2.05) is 0 Å². The zero-order valence-corrected chi connectivity index (χ0v) is 5.70. The monoisotopic (exact) mass is 141 g/mol. The SMILES string of the molecule is [O][PH](=O)c1ccccc1. The summed E-state index contributed by atoms with van der Waals surface area (Å²) in [7, 11) is -2.71. The molecule has 0 saturated carbocycles. The van der Waals surface area contributed by atoms with E-state index in [1.54, 1.807) is 30.3 Å². The number of hydrogen-bond donors (Lipinski definition) is 0. The Kier molecular flexibility index (Phi) is 2.04. The molecule has 0 fully saturated rings. The predicted molar refractivity (Wildman–Crippen MR) is 35.8 cm³/mol. The Balaban J connectivity index is 2.98. The van der Waals surface area contributed by atoms with Crippen molar-refractivity contribution in [2.24, 2.45) is 0 Å². The van der Waals surface area contributed by atoms with Crippen molar-refractivity contribution in [1.29, 1.82) is 0 Å². The molecule has 1 aromatic rings. The van der Waals surface area contributed by atoms with Gasteiger partial charge in [0.05, 0.1) is 0 Å². The lowest BCUT2D eigenvalue weighted by atomic mass is 10.4. The molecule has 0 bridgehead atoms. The third-order valence-corrected chi connectivity index (χ3v) is 1.81. The molecule has 3 heteroatoms. The Morgan fingerprint density at radius 3 is 2.00 bits per heavy atom. The number of benzene rings is 1. The fourth-order valence-corrected chi connectivity index (χ4v) is 1.04. The minimum absolute atomic E-state index is 0.405. The van der Waals surface area contributed by atoms with Crippen molar-refractivity contribution in [3.05, 3.63) is 30.3 Å². The topological polar surface area (TPSA) is 37.0 Å². The summed E-state index contributed by atoms with van der Waals surface area (Å²) in [5, 5.41) is 0.405. The van der Waals surface area contributed by atoms with Crippen LogP contribution in [-0.2, 0) is 9.46 Å². The average molecular weight is 141 g/mol. The van der Waals surface area contributed by atoms with Crippen LogP contribution in [0.5, 0.6) is 0 Å². The first-order valence-electron chi connectivity index (χ1n) is 2.57. The highest BCUT2D eigenvalue weighted by Gasteiger charge is 1.95. The Morgan fingerprint density at radius 2 is 1.67 bits per heavy atom. The van der Waals surface area contributed by atoms with Gasteiger partial charge in [0.15, 0.2) is 0 Å². The van der Waals surface area contributed by atoms with Crippen molar-refractivity contribution in [2.75, 3.05) is 0 Å². The van der Waals surface area contributed by atoms with Crippen LogP contribution in [0.15, 0.2) is 30.3 Å². The van der Waals surface area contributed by atoms with Crippen molar-refractivity contribution in [1.82, 2.24) is 0 Å². The van der Waals surface area contributed by atoms with Gasteiger partial charge in [-0.15, -0.1) is 0 Å².